The second kappa shape index (κ2) is 12.0. The molecule has 0 aliphatic carbocycles. The molecule has 2 aromatic carbocycles. The number of hydrogen-bond donors (Lipinski definition) is 0. The van der Waals surface area contributed by atoms with Crippen LogP contribution in [0.4, 0.5) is 15.8 Å². The van der Waals surface area contributed by atoms with E-state index in [1.165, 1.54) is 56.6 Å². The first-order valence-electron chi connectivity index (χ1n) is 10.8. The summed E-state index contributed by atoms with van der Waals surface area (Å²) in [5.41, 5.74) is 1.46. The lowest BCUT2D eigenvalue weighted by Crippen LogP contribution is -2.20. The van der Waals surface area contributed by atoms with E-state index < -0.39 is 5.82 Å². The van der Waals surface area contributed by atoms with Gasteiger partial charge < -0.3 is 4.74 Å². The Bertz CT molecular complexity index is 789. The number of para-hydroxylation sites is 1. The van der Waals surface area contributed by atoms with E-state index in [-0.39, 0.29) is 11.2 Å². The number of methoxy groups -OCH3 is 1. The Kier molecular flexibility index (Phi) is 9.70. The molecular formula is C25H34FNO2S. The first-order valence-corrected chi connectivity index (χ1v) is 11.8. The topological polar surface area (TPSA) is 29.5 Å². The molecule has 0 heterocycles. The quantitative estimate of drug-likeness (QED) is 0.241. The zero-order chi connectivity index (χ0) is 22.0. The molecule has 0 unspecified atom stereocenters. The van der Waals surface area contributed by atoms with Crippen LogP contribution < -0.4 is 9.64 Å². The third kappa shape index (κ3) is 6.49. The summed E-state index contributed by atoms with van der Waals surface area (Å²) in [6.07, 6.45) is 7.83. The van der Waals surface area contributed by atoms with E-state index in [9.17, 15) is 9.18 Å². The van der Waals surface area contributed by atoms with Gasteiger partial charge in [-0.3, -0.25) is 9.69 Å². The summed E-state index contributed by atoms with van der Waals surface area (Å²) >= 11 is 1.68. The lowest BCUT2D eigenvalue weighted by molar-refractivity contribution is -0.106. The van der Waals surface area contributed by atoms with Crippen LogP contribution in [0.2, 0.25) is 0 Å². The molecule has 0 aliphatic heterocycles. The Balaban J connectivity index is 2.38. The summed E-state index contributed by atoms with van der Waals surface area (Å²) in [6, 6.07) is 12.4. The van der Waals surface area contributed by atoms with Crippen LogP contribution in [0.25, 0.3) is 0 Å². The lowest BCUT2D eigenvalue weighted by atomic mass is 9.82. The molecule has 0 spiro atoms. The highest BCUT2D eigenvalue weighted by atomic mass is 32.2. The van der Waals surface area contributed by atoms with E-state index in [1.807, 2.05) is 30.3 Å². The Labute approximate surface area is 185 Å². The van der Waals surface area contributed by atoms with Crippen LogP contribution in [0.5, 0.6) is 5.75 Å². The molecule has 0 aliphatic rings. The van der Waals surface area contributed by atoms with Gasteiger partial charge in [-0.15, -0.1) is 11.8 Å². The van der Waals surface area contributed by atoms with E-state index in [4.69, 9.17) is 4.74 Å². The smallest absolute Gasteiger partial charge is 0.218 e. The summed E-state index contributed by atoms with van der Waals surface area (Å²) < 4.78 is 19.8. The van der Waals surface area contributed by atoms with Crippen molar-refractivity contribution >= 4 is 29.5 Å². The van der Waals surface area contributed by atoms with Crippen LogP contribution in [0.1, 0.15) is 59.3 Å². The van der Waals surface area contributed by atoms with E-state index in [2.05, 4.69) is 20.8 Å². The van der Waals surface area contributed by atoms with E-state index in [0.717, 1.165) is 17.1 Å². The first-order chi connectivity index (χ1) is 14.5. The third-order valence-electron chi connectivity index (χ3n) is 5.48. The molecule has 1 amide bonds. The summed E-state index contributed by atoms with van der Waals surface area (Å²) in [7, 11) is 1.47. The van der Waals surface area contributed by atoms with Crippen molar-refractivity contribution in [1.29, 1.82) is 0 Å². The Morgan fingerprint density at radius 3 is 2.27 bits per heavy atom. The maximum absolute atomic E-state index is 14.6. The zero-order valence-electron chi connectivity index (χ0n) is 18.6. The highest BCUT2D eigenvalue weighted by molar-refractivity contribution is 7.99. The Morgan fingerprint density at radius 1 is 1.10 bits per heavy atom. The molecule has 0 N–H and O–H groups in total. The number of carbonyl (C=O) groups excluding carboxylic acids is 1. The van der Waals surface area contributed by atoms with Crippen molar-refractivity contribution in [3.8, 4) is 5.75 Å². The number of anilines is 2. The number of benzene rings is 2. The Hall–Kier alpha value is -2.01. The molecule has 3 nitrogen and oxygen atoms in total. The average Bonchev–Trinajstić information content (AvgIpc) is 2.77. The summed E-state index contributed by atoms with van der Waals surface area (Å²) in [6.45, 7) is 6.79. The number of hydrogen-bond acceptors (Lipinski definition) is 3. The van der Waals surface area contributed by atoms with Crippen molar-refractivity contribution in [2.24, 2.45) is 5.41 Å². The van der Waals surface area contributed by atoms with Crippen LogP contribution in [0.15, 0.2) is 47.4 Å². The minimum absolute atomic E-state index is 0.198. The number of nitrogens with zero attached hydrogens (tertiary/aromatic N) is 1. The van der Waals surface area contributed by atoms with Crippen molar-refractivity contribution in [1.82, 2.24) is 0 Å². The van der Waals surface area contributed by atoms with Gasteiger partial charge in [-0.25, -0.2) is 4.39 Å². The SMILES string of the molecule is CCCCC(C)(CCCC)CSc1cc(OC)c(F)cc1N(C=O)c1ccccc1. The number of ether oxygens (including phenoxy) is 1. The Morgan fingerprint density at radius 2 is 1.73 bits per heavy atom. The van der Waals surface area contributed by atoms with Gasteiger partial charge in [0.05, 0.1) is 12.8 Å². The first kappa shape index (κ1) is 24.3. The highest BCUT2D eigenvalue weighted by Crippen LogP contribution is 2.42. The fourth-order valence-corrected chi connectivity index (χ4v) is 4.85. The molecule has 2 aromatic rings. The normalized spacial score (nSPS) is 11.4. The molecule has 0 saturated carbocycles. The second-order valence-corrected chi connectivity index (χ2v) is 9.09. The minimum Gasteiger partial charge on any atom is -0.494 e. The predicted octanol–water partition coefficient (Wildman–Crippen LogP) is 7.61. The molecule has 2 rings (SSSR count). The predicted molar refractivity (Wildman–Crippen MR) is 125 cm³/mol. The maximum Gasteiger partial charge on any atom is 0.218 e. The summed E-state index contributed by atoms with van der Waals surface area (Å²) in [4.78, 5) is 14.3. The number of carbonyl (C=O) groups is 1. The van der Waals surface area contributed by atoms with Gasteiger partial charge in [0.15, 0.2) is 11.6 Å². The highest BCUT2D eigenvalue weighted by Gasteiger charge is 2.25. The summed E-state index contributed by atoms with van der Waals surface area (Å²) in [5, 5.41) is 0. The van der Waals surface area contributed by atoms with Gasteiger partial charge in [-0.1, -0.05) is 64.7 Å². The molecule has 5 heteroatoms. The number of rotatable bonds is 13. The fourth-order valence-electron chi connectivity index (χ4n) is 3.56. The van der Waals surface area contributed by atoms with Crippen LogP contribution in [0.3, 0.4) is 0 Å². The van der Waals surface area contributed by atoms with Gasteiger partial charge >= 0.3 is 0 Å². The van der Waals surface area contributed by atoms with Crippen molar-refractivity contribution < 1.29 is 13.9 Å². The molecule has 0 bridgehead atoms. The molecule has 0 saturated heterocycles. The van der Waals surface area contributed by atoms with Gasteiger partial charge in [0.25, 0.3) is 0 Å². The van der Waals surface area contributed by atoms with Crippen LogP contribution in [0, 0.1) is 11.2 Å². The van der Waals surface area contributed by atoms with Crippen molar-refractivity contribution in [3.63, 3.8) is 0 Å². The van der Waals surface area contributed by atoms with Crippen LogP contribution >= 0.6 is 11.8 Å². The lowest BCUT2D eigenvalue weighted by Gasteiger charge is -2.30. The van der Waals surface area contributed by atoms with Crippen LogP contribution in [-0.2, 0) is 4.79 Å². The number of halogens is 1. The van der Waals surface area contributed by atoms with E-state index in [0.29, 0.717) is 11.4 Å². The van der Waals surface area contributed by atoms with Crippen molar-refractivity contribution in [3.05, 3.63) is 48.3 Å². The second-order valence-electron chi connectivity index (χ2n) is 8.07. The molecule has 30 heavy (non-hydrogen) atoms. The van der Waals surface area contributed by atoms with Gasteiger partial charge in [-0.05, 0) is 36.5 Å². The number of unbranched alkanes of at least 4 members (excludes halogenated alkanes) is 2. The molecule has 0 aromatic heterocycles. The molecule has 0 fully saturated rings. The van der Waals surface area contributed by atoms with E-state index >= 15 is 0 Å². The van der Waals surface area contributed by atoms with Gasteiger partial charge in [0, 0.05) is 22.4 Å². The number of amides is 1. The largest absolute Gasteiger partial charge is 0.494 e. The zero-order valence-corrected chi connectivity index (χ0v) is 19.4. The molecule has 0 atom stereocenters. The monoisotopic (exact) mass is 431 g/mol. The average molecular weight is 432 g/mol. The van der Waals surface area contributed by atoms with Crippen molar-refractivity contribution in [2.45, 2.75) is 64.2 Å². The summed E-state index contributed by atoms with van der Waals surface area (Å²) in [5.74, 6) is 0.638. The van der Waals surface area contributed by atoms with Crippen molar-refractivity contribution in [2.75, 3.05) is 17.8 Å². The minimum atomic E-state index is -0.473. The maximum atomic E-state index is 14.6. The molecule has 164 valence electrons. The standard InChI is InChI=1S/C25H34FNO2S/c1-5-7-14-25(3,15-8-6-2)18-30-24-17-23(29-4)21(26)16-22(24)27(19-28)20-12-10-9-11-13-20/h9-13,16-17,19H,5-8,14-15,18H2,1-4H3. The van der Waals surface area contributed by atoms with E-state index in [1.54, 1.807) is 17.8 Å². The molecular weight excluding hydrogens is 397 g/mol. The van der Waals surface area contributed by atoms with Gasteiger partial charge in [0.2, 0.25) is 6.41 Å². The van der Waals surface area contributed by atoms with Gasteiger partial charge in [-0.2, -0.15) is 0 Å². The van der Waals surface area contributed by atoms with Crippen LogP contribution in [-0.4, -0.2) is 19.3 Å². The third-order valence-corrected chi connectivity index (χ3v) is 6.96. The van der Waals surface area contributed by atoms with Gasteiger partial charge in [0.1, 0.15) is 0 Å². The fraction of sp³-hybridized carbons (Fsp3) is 0.480. The number of thioether (sulfide) groups is 1. The molecule has 0 radical (unpaired) electrons.